The maximum atomic E-state index is 6.10. The first-order valence-corrected chi connectivity index (χ1v) is 48.0. The third-order valence-corrected chi connectivity index (χ3v) is 28.7. The Bertz CT molecular complexity index is 8690. The Morgan fingerprint density at radius 3 is 1.04 bits per heavy atom. The second kappa shape index (κ2) is 36.3. The van der Waals surface area contributed by atoms with Gasteiger partial charge in [-0.15, -0.1) is 0 Å². The first-order chi connectivity index (χ1) is 66.2. The third kappa shape index (κ3) is 16.4. The van der Waals surface area contributed by atoms with Crippen LogP contribution in [0.25, 0.3) is 242 Å². The second-order valence-electron chi connectivity index (χ2n) is 32.9. The number of benzene rings is 20. The molecule has 0 aliphatic heterocycles. The molecule has 0 saturated carbocycles. The zero-order valence-corrected chi connectivity index (χ0v) is 77.5. The minimum atomic E-state index is 0.188. The third-order valence-electron chi connectivity index (χ3n) is 24.5. The minimum absolute atomic E-state index is 0.188. The van der Waals surface area contributed by atoms with E-state index in [9.17, 15) is 0 Å². The Balaban J connectivity index is 0.000000114. The van der Waals surface area contributed by atoms with E-state index < -0.39 is 0 Å². The molecule has 0 bridgehead atoms. The van der Waals surface area contributed by atoms with Gasteiger partial charge >= 0.3 is 784 Å². The molecule has 0 amide bonds. The van der Waals surface area contributed by atoms with Crippen LogP contribution in [-0.4, -0.2) is 91.4 Å². The number of hydrogen-bond donors (Lipinski definition) is 0. The van der Waals surface area contributed by atoms with Crippen LogP contribution in [0.4, 0.5) is 0 Å². The summed E-state index contributed by atoms with van der Waals surface area (Å²) in [6.07, 6.45) is 0. The SMILES string of the molecule is [SeH]c1cccc(-c2nc(-c3ccccc3)nc(-c3ccccc3)n2)c1-c1cccc(-c2cc3ccccc3c3ccccc23)c1.[SeH]c1cccc(-c2nc(-c3ccccc3)nc(-c3ccccc3)n2)c1-c1cccc(-c2ccc3ccccc3c2)c1.c1ccc(-c2nc(-c3ccc4oc5ccccc5c4c3)nc(-c3ccc4[se]c5c(-c6ccc7ccccc7c6)cccc5c4c3)n2)cc1. The van der Waals surface area contributed by atoms with Crippen molar-refractivity contribution in [3.8, 4) is 158 Å². The van der Waals surface area contributed by atoms with Crippen molar-refractivity contribution in [2.45, 2.75) is 0 Å². The predicted octanol–water partition coefficient (Wildman–Crippen LogP) is 27.9. The molecule has 5 heterocycles. The molecular formula is C121H77N9OSe3. The molecule has 0 aliphatic rings. The average Bonchev–Trinajstić information content (AvgIpc) is 1.63. The molecule has 5 aromatic heterocycles. The fourth-order valence-corrected chi connectivity index (χ4v) is 22.0. The summed E-state index contributed by atoms with van der Waals surface area (Å²) in [5, 5.41) is 14.7. The van der Waals surface area contributed by atoms with Crippen molar-refractivity contribution in [2.24, 2.45) is 0 Å². The number of fused-ring (bicyclic) bond motifs is 11. The Labute approximate surface area is 795 Å². The van der Waals surface area contributed by atoms with E-state index in [4.69, 9.17) is 49.3 Å². The fourth-order valence-electron chi connectivity index (χ4n) is 18.0. The van der Waals surface area contributed by atoms with Gasteiger partial charge in [0.25, 0.3) is 0 Å². The van der Waals surface area contributed by atoms with Crippen LogP contribution in [0, 0.1) is 0 Å². The Morgan fingerprint density at radius 2 is 0.507 bits per heavy atom. The number of para-hydroxylation sites is 1. The molecule has 13 heteroatoms. The van der Waals surface area contributed by atoms with Gasteiger partial charge in [-0.2, -0.15) is 0 Å². The molecule has 20 aromatic carbocycles. The number of rotatable bonds is 14. The van der Waals surface area contributed by atoms with Gasteiger partial charge in [-0.05, 0) is 6.07 Å². The molecule has 0 spiro atoms. The Kier molecular flexibility index (Phi) is 22.3. The summed E-state index contributed by atoms with van der Waals surface area (Å²) < 4.78 is 11.1. The molecule has 0 radical (unpaired) electrons. The molecule has 0 N–H and O–H groups in total. The van der Waals surface area contributed by atoms with Gasteiger partial charge in [0.05, 0.1) is 0 Å². The predicted molar refractivity (Wildman–Crippen MR) is 558 cm³/mol. The maximum absolute atomic E-state index is 6.10. The van der Waals surface area contributed by atoms with E-state index in [0.29, 0.717) is 52.4 Å². The van der Waals surface area contributed by atoms with Crippen LogP contribution in [0.3, 0.4) is 0 Å². The van der Waals surface area contributed by atoms with E-state index in [1.807, 2.05) is 182 Å². The fraction of sp³-hybridized carbons (Fsp3) is 0. The van der Waals surface area contributed by atoms with E-state index in [1.165, 1.54) is 95.8 Å². The monoisotopic (exact) mass is 1910 g/mol. The number of furan rings is 1. The van der Waals surface area contributed by atoms with Gasteiger partial charge in [0.15, 0.2) is 0 Å². The molecule has 10 nitrogen and oxygen atoms in total. The number of aromatic nitrogens is 9. The summed E-state index contributed by atoms with van der Waals surface area (Å²) in [5.74, 6) is 5.85. The summed E-state index contributed by atoms with van der Waals surface area (Å²) in [7, 11) is 0. The quantitative estimate of drug-likeness (QED) is 0.0766. The van der Waals surface area contributed by atoms with Crippen LogP contribution < -0.4 is 8.92 Å². The van der Waals surface area contributed by atoms with E-state index in [-0.39, 0.29) is 14.5 Å². The van der Waals surface area contributed by atoms with Crippen LogP contribution in [0.2, 0.25) is 0 Å². The van der Waals surface area contributed by atoms with E-state index in [1.54, 1.807) is 0 Å². The van der Waals surface area contributed by atoms with Gasteiger partial charge in [-0.3, -0.25) is 0 Å². The van der Waals surface area contributed by atoms with E-state index in [0.717, 1.165) is 103 Å². The summed E-state index contributed by atoms with van der Waals surface area (Å²) in [6, 6.07) is 159. The van der Waals surface area contributed by atoms with Crippen LogP contribution in [0.5, 0.6) is 0 Å². The first-order valence-electron chi connectivity index (χ1n) is 44.4. The number of hydrogen-bond acceptors (Lipinski definition) is 10. The Morgan fingerprint density at radius 1 is 0.172 bits per heavy atom. The Hall–Kier alpha value is -16.2. The molecule has 25 rings (SSSR count). The van der Waals surface area contributed by atoms with Gasteiger partial charge in [0.2, 0.25) is 0 Å². The molecular weight excluding hydrogens is 1830 g/mol. The molecule has 0 unspecified atom stereocenters. The van der Waals surface area contributed by atoms with Crippen LogP contribution in [-0.2, 0) is 0 Å². The van der Waals surface area contributed by atoms with Crippen LogP contribution in [0.15, 0.2) is 459 Å². The van der Waals surface area contributed by atoms with E-state index >= 15 is 0 Å². The van der Waals surface area contributed by atoms with Gasteiger partial charge in [-0.1, -0.05) is 12.1 Å². The van der Waals surface area contributed by atoms with Gasteiger partial charge < -0.3 is 0 Å². The zero-order chi connectivity index (χ0) is 89.4. The van der Waals surface area contributed by atoms with E-state index in [2.05, 4.69) is 305 Å². The second-order valence-corrected chi connectivity index (χ2v) is 37.2. The van der Waals surface area contributed by atoms with Crippen molar-refractivity contribution in [1.29, 1.82) is 0 Å². The van der Waals surface area contributed by atoms with Crippen molar-refractivity contribution in [2.75, 3.05) is 0 Å². The summed E-state index contributed by atoms with van der Waals surface area (Å²) in [5.41, 5.74) is 22.0. The molecule has 134 heavy (non-hydrogen) atoms. The summed E-state index contributed by atoms with van der Waals surface area (Å²) in [6.45, 7) is 0. The zero-order valence-electron chi connectivity index (χ0n) is 72.0. The average molecular weight is 1910 g/mol. The van der Waals surface area contributed by atoms with Crippen molar-refractivity contribution in [3.63, 3.8) is 0 Å². The summed E-state index contributed by atoms with van der Waals surface area (Å²) >= 11 is 5.64. The van der Waals surface area contributed by atoms with Crippen molar-refractivity contribution in [3.05, 3.63) is 455 Å². The molecule has 0 atom stereocenters. The number of nitrogens with zero attached hydrogens (tertiary/aromatic N) is 9. The van der Waals surface area contributed by atoms with Crippen LogP contribution in [0.1, 0.15) is 0 Å². The molecule has 630 valence electrons. The standard InChI is InChI=1S/C43H25N3OSe.C41H27N3Se.C37H25N3Se/c1-2-10-27(11-3-1)41-44-42(30-19-21-38-35(24-30)33-13-6-7-16-37(33)47-38)46-43(45-41)31-20-22-39-36(25-31)34-15-8-14-32(40(34)48-39)29-18-17-26-9-4-5-12-28(26)23-29;45-37-24-12-23-35(41-43-39(27-13-3-1-4-14-27)42-40(44-41)28-15-5-2-6-16-28)38(37)31-19-11-18-29(25-31)36-26-30-17-7-8-20-32(30)33-21-9-10-22-34(33)36;41-33-20-10-19-32(34(33)31-18-9-17-29(24-31)30-22-21-25-11-7-8-16-28(25)23-30)37-39-35(26-12-3-1-4-13-26)38-36(40-37)27-14-5-2-6-15-27/h1-25H;1-26,45H;1-24,41H. The topological polar surface area (TPSA) is 129 Å². The van der Waals surface area contributed by atoms with Gasteiger partial charge in [0, 0.05) is 0 Å². The van der Waals surface area contributed by atoms with Crippen LogP contribution >= 0.6 is 0 Å². The van der Waals surface area contributed by atoms with Gasteiger partial charge in [0.1, 0.15) is 0 Å². The molecule has 0 aliphatic carbocycles. The normalized spacial score (nSPS) is 11.4. The van der Waals surface area contributed by atoms with Crippen molar-refractivity contribution in [1.82, 2.24) is 44.9 Å². The first kappa shape index (κ1) is 82.3. The molecule has 25 aromatic rings. The van der Waals surface area contributed by atoms with Crippen molar-refractivity contribution < 1.29 is 4.42 Å². The van der Waals surface area contributed by atoms with Crippen molar-refractivity contribution >= 4 is 140 Å². The molecule has 0 saturated heterocycles. The molecule has 0 fully saturated rings. The van der Waals surface area contributed by atoms with Gasteiger partial charge in [-0.25, -0.2) is 0 Å². The summed E-state index contributed by atoms with van der Waals surface area (Å²) in [4.78, 5) is 45.0.